The molecule has 2 atom stereocenters. The summed E-state index contributed by atoms with van der Waals surface area (Å²) < 4.78 is 5.83. The third-order valence-corrected chi connectivity index (χ3v) is 3.35. The Morgan fingerprint density at radius 1 is 1.47 bits per heavy atom. The molecular formula is C12H16O2S. The fraction of sp³-hybridized carbons (Fsp3) is 0.500. The Labute approximate surface area is 94.6 Å². The predicted molar refractivity (Wildman–Crippen MR) is 63.4 cm³/mol. The van der Waals surface area contributed by atoms with Gasteiger partial charge in [0.25, 0.3) is 0 Å². The van der Waals surface area contributed by atoms with E-state index in [4.69, 9.17) is 4.74 Å². The molecule has 1 aromatic rings. The van der Waals surface area contributed by atoms with E-state index in [1.807, 2.05) is 36.0 Å². The molecule has 1 aromatic carbocycles. The monoisotopic (exact) mass is 224 g/mol. The van der Waals surface area contributed by atoms with E-state index in [-0.39, 0.29) is 12.2 Å². The van der Waals surface area contributed by atoms with Crippen LogP contribution in [0.3, 0.4) is 0 Å². The summed E-state index contributed by atoms with van der Waals surface area (Å²) in [7, 11) is 0. The van der Waals surface area contributed by atoms with Crippen molar-refractivity contribution in [3.63, 3.8) is 0 Å². The van der Waals surface area contributed by atoms with Crippen molar-refractivity contribution in [1.29, 1.82) is 0 Å². The Bertz CT molecular complexity index is 327. The van der Waals surface area contributed by atoms with Crippen molar-refractivity contribution in [3.05, 3.63) is 29.8 Å². The van der Waals surface area contributed by atoms with Crippen LogP contribution in [-0.2, 0) is 0 Å². The molecule has 2 rings (SSSR count). The van der Waals surface area contributed by atoms with E-state index in [2.05, 4.69) is 6.26 Å². The molecule has 3 heteroatoms. The average Bonchev–Trinajstić information content (AvgIpc) is 2.26. The number of rotatable bonds is 3. The highest BCUT2D eigenvalue weighted by Crippen LogP contribution is 2.35. The van der Waals surface area contributed by atoms with Crippen molar-refractivity contribution in [3.8, 4) is 5.75 Å². The Morgan fingerprint density at radius 2 is 2.27 bits per heavy atom. The molecule has 0 spiro atoms. The first kappa shape index (κ1) is 10.8. The van der Waals surface area contributed by atoms with Gasteiger partial charge < -0.3 is 9.84 Å². The maximum Gasteiger partial charge on any atom is 0.125 e. The fourth-order valence-electron chi connectivity index (χ4n) is 1.89. The van der Waals surface area contributed by atoms with Crippen LogP contribution in [0.4, 0.5) is 0 Å². The van der Waals surface area contributed by atoms with E-state index in [0.29, 0.717) is 0 Å². The molecule has 0 radical (unpaired) electrons. The number of benzene rings is 1. The minimum Gasteiger partial charge on any atom is -0.490 e. The summed E-state index contributed by atoms with van der Waals surface area (Å²) in [5.74, 6) is 1.93. The van der Waals surface area contributed by atoms with E-state index in [1.54, 1.807) is 0 Å². The van der Waals surface area contributed by atoms with Crippen LogP contribution < -0.4 is 4.74 Å². The first-order valence-corrected chi connectivity index (χ1v) is 6.63. The fourth-order valence-corrected chi connectivity index (χ4v) is 2.39. The molecule has 1 heterocycles. The summed E-state index contributed by atoms with van der Waals surface area (Å²) in [6, 6.07) is 7.75. The van der Waals surface area contributed by atoms with Crippen molar-refractivity contribution in [2.75, 3.05) is 12.0 Å². The van der Waals surface area contributed by atoms with Crippen molar-refractivity contribution < 1.29 is 9.84 Å². The van der Waals surface area contributed by atoms with Gasteiger partial charge in [0, 0.05) is 12.0 Å². The molecule has 82 valence electrons. The zero-order valence-electron chi connectivity index (χ0n) is 8.85. The molecule has 1 aliphatic heterocycles. The zero-order chi connectivity index (χ0) is 10.7. The van der Waals surface area contributed by atoms with Crippen LogP contribution in [0.1, 0.15) is 24.5 Å². The molecule has 1 N–H and O–H groups in total. The molecule has 0 amide bonds. The van der Waals surface area contributed by atoms with Crippen LogP contribution in [0.25, 0.3) is 0 Å². The molecule has 2 nitrogen and oxygen atoms in total. The van der Waals surface area contributed by atoms with Gasteiger partial charge in [0.15, 0.2) is 0 Å². The standard InChI is InChI=1S/C12H16O2S/c1-15-7-6-9-8-11(13)10-4-2-3-5-12(10)14-9/h2-5,9,11,13H,6-8H2,1H3. The summed E-state index contributed by atoms with van der Waals surface area (Å²) >= 11 is 1.82. The molecule has 0 fully saturated rings. The number of hydrogen-bond donors (Lipinski definition) is 1. The summed E-state index contributed by atoms with van der Waals surface area (Å²) in [4.78, 5) is 0. The topological polar surface area (TPSA) is 29.5 Å². The summed E-state index contributed by atoms with van der Waals surface area (Å²) in [6.45, 7) is 0. The van der Waals surface area contributed by atoms with Crippen LogP contribution in [-0.4, -0.2) is 23.2 Å². The molecule has 0 aromatic heterocycles. The van der Waals surface area contributed by atoms with Gasteiger partial charge in [-0.1, -0.05) is 18.2 Å². The largest absolute Gasteiger partial charge is 0.490 e. The highest BCUT2D eigenvalue weighted by molar-refractivity contribution is 7.98. The Balaban J connectivity index is 2.08. The highest BCUT2D eigenvalue weighted by atomic mass is 32.2. The van der Waals surface area contributed by atoms with Crippen molar-refractivity contribution in [2.45, 2.75) is 25.0 Å². The SMILES string of the molecule is CSCCC1CC(O)c2ccccc2O1. The molecule has 2 unspecified atom stereocenters. The van der Waals surface area contributed by atoms with E-state index >= 15 is 0 Å². The van der Waals surface area contributed by atoms with Crippen molar-refractivity contribution in [1.82, 2.24) is 0 Å². The van der Waals surface area contributed by atoms with Gasteiger partial charge in [0.2, 0.25) is 0 Å². The number of para-hydroxylation sites is 1. The first-order valence-electron chi connectivity index (χ1n) is 5.24. The number of ether oxygens (including phenoxy) is 1. The highest BCUT2D eigenvalue weighted by Gasteiger charge is 2.25. The minimum atomic E-state index is -0.359. The van der Waals surface area contributed by atoms with Gasteiger partial charge in [0.05, 0.1) is 6.10 Å². The lowest BCUT2D eigenvalue weighted by atomic mass is 9.98. The summed E-state index contributed by atoms with van der Waals surface area (Å²) in [6.07, 6.45) is 3.63. The number of thioether (sulfide) groups is 1. The summed E-state index contributed by atoms with van der Waals surface area (Å²) in [5, 5.41) is 9.94. The number of hydrogen-bond acceptors (Lipinski definition) is 3. The summed E-state index contributed by atoms with van der Waals surface area (Å²) in [5.41, 5.74) is 0.929. The Hall–Kier alpha value is -0.670. The van der Waals surface area contributed by atoms with Gasteiger partial charge in [-0.2, -0.15) is 11.8 Å². The van der Waals surface area contributed by atoms with Crippen LogP contribution in [0.2, 0.25) is 0 Å². The van der Waals surface area contributed by atoms with Gasteiger partial charge >= 0.3 is 0 Å². The van der Waals surface area contributed by atoms with Crippen LogP contribution in [0.5, 0.6) is 5.75 Å². The predicted octanol–water partition coefficient (Wildman–Crippen LogP) is 2.62. The van der Waals surface area contributed by atoms with Crippen LogP contribution in [0, 0.1) is 0 Å². The maximum absolute atomic E-state index is 9.94. The molecule has 0 saturated heterocycles. The normalized spacial score (nSPS) is 24.4. The van der Waals surface area contributed by atoms with Gasteiger partial charge in [-0.05, 0) is 24.5 Å². The third kappa shape index (κ3) is 2.47. The Kier molecular flexibility index (Phi) is 3.54. The van der Waals surface area contributed by atoms with E-state index < -0.39 is 0 Å². The molecule has 0 bridgehead atoms. The van der Waals surface area contributed by atoms with E-state index in [9.17, 15) is 5.11 Å². The smallest absolute Gasteiger partial charge is 0.125 e. The lowest BCUT2D eigenvalue weighted by Crippen LogP contribution is -2.26. The molecular weight excluding hydrogens is 208 g/mol. The van der Waals surface area contributed by atoms with Gasteiger partial charge in [0.1, 0.15) is 11.9 Å². The molecule has 0 saturated carbocycles. The van der Waals surface area contributed by atoms with Crippen LogP contribution >= 0.6 is 11.8 Å². The lowest BCUT2D eigenvalue weighted by Gasteiger charge is -2.29. The van der Waals surface area contributed by atoms with E-state index in [0.717, 1.165) is 29.9 Å². The van der Waals surface area contributed by atoms with Crippen molar-refractivity contribution in [2.24, 2.45) is 0 Å². The van der Waals surface area contributed by atoms with Crippen molar-refractivity contribution >= 4 is 11.8 Å². The zero-order valence-corrected chi connectivity index (χ0v) is 9.67. The van der Waals surface area contributed by atoms with Crippen LogP contribution in [0.15, 0.2) is 24.3 Å². The van der Waals surface area contributed by atoms with Gasteiger partial charge in [-0.15, -0.1) is 0 Å². The quantitative estimate of drug-likeness (QED) is 0.856. The minimum absolute atomic E-state index is 0.169. The lowest BCUT2D eigenvalue weighted by molar-refractivity contribution is 0.0648. The first-order chi connectivity index (χ1) is 7.31. The average molecular weight is 224 g/mol. The Morgan fingerprint density at radius 3 is 3.07 bits per heavy atom. The molecule has 1 aliphatic rings. The second-order valence-corrected chi connectivity index (χ2v) is 4.80. The maximum atomic E-state index is 9.94. The molecule has 15 heavy (non-hydrogen) atoms. The second kappa shape index (κ2) is 4.90. The van der Waals surface area contributed by atoms with Gasteiger partial charge in [-0.3, -0.25) is 0 Å². The van der Waals surface area contributed by atoms with Gasteiger partial charge in [-0.25, -0.2) is 0 Å². The van der Waals surface area contributed by atoms with E-state index in [1.165, 1.54) is 0 Å². The second-order valence-electron chi connectivity index (χ2n) is 3.81. The third-order valence-electron chi connectivity index (χ3n) is 2.70. The number of fused-ring (bicyclic) bond motifs is 1. The molecule has 0 aliphatic carbocycles. The number of aliphatic hydroxyl groups is 1. The number of aliphatic hydroxyl groups excluding tert-OH is 1.